The number of nitrogens with one attached hydrogen (secondary N) is 1. The van der Waals surface area contributed by atoms with Gasteiger partial charge in [-0.3, -0.25) is 0 Å². The molecule has 1 atom stereocenters. The standard InChI is InChI=1S/C13H14BrFN2O2/c1-18-8-2-3-9(15)10(6-8)17-11(7-16)12-4-5-13(14)19-12/h2-6,11,17H,7,16H2,1H3. The highest BCUT2D eigenvalue weighted by Crippen LogP contribution is 2.27. The summed E-state index contributed by atoms with van der Waals surface area (Å²) in [5.41, 5.74) is 6.01. The Labute approximate surface area is 118 Å². The number of ether oxygens (including phenoxy) is 1. The normalized spacial score (nSPS) is 12.2. The Hall–Kier alpha value is -1.53. The topological polar surface area (TPSA) is 60.4 Å². The van der Waals surface area contributed by atoms with Crippen molar-refractivity contribution < 1.29 is 13.5 Å². The molecule has 0 aliphatic rings. The largest absolute Gasteiger partial charge is 0.497 e. The summed E-state index contributed by atoms with van der Waals surface area (Å²) in [6.07, 6.45) is 0. The molecule has 2 rings (SSSR count). The third kappa shape index (κ3) is 3.27. The van der Waals surface area contributed by atoms with E-state index in [-0.39, 0.29) is 18.4 Å². The van der Waals surface area contributed by atoms with E-state index in [4.69, 9.17) is 14.9 Å². The number of anilines is 1. The number of benzene rings is 1. The minimum absolute atomic E-state index is 0.274. The maximum Gasteiger partial charge on any atom is 0.169 e. The molecule has 1 aromatic carbocycles. The van der Waals surface area contributed by atoms with Crippen LogP contribution in [-0.4, -0.2) is 13.7 Å². The van der Waals surface area contributed by atoms with Crippen LogP contribution in [0.4, 0.5) is 10.1 Å². The van der Waals surface area contributed by atoms with Crippen molar-refractivity contribution in [3.63, 3.8) is 0 Å². The van der Waals surface area contributed by atoms with Crippen LogP contribution in [0.2, 0.25) is 0 Å². The summed E-state index contributed by atoms with van der Waals surface area (Å²) in [7, 11) is 1.53. The highest BCUT2D eigenvalue weighted by Gasteiger charge is 2.16. The Kier molecular flexibility index (Phi) is 4.44. The highest BCUT2D eigenvalue weighted by molar-refractivity contribution is 9.10. The SMILES string of the molecule is COc1ccc(F)c(NC(CN)c2ccc(Br)o2)c1. The van der Waals surface area contributed by atoms with E-state index >= 15 is 0 Å². The summed E-state index contributed by atoms with van der Waals surface area (Å²) in [4.78, 5) is 0. The maximum atomic E-state index is 13.7. The van der Waals surface area contributed by atoms with Gasteiger partial charge in [0.1, 0.15) is 17.3 Å². The molecule has 0 saturated heterocycles. The summed E-state index contributed by atoms with van der Waals surface area (Å²) >= 11 is 3.22. The number of nitrogens with two attached hydrogens (primary N) is 1. The zero-order valence-electron chi connectivity index (χ0n) is 10.3. The number of hydrogen-bond donors (Lipinski definition) is 2. The van der Waals surface area contributed by atoms with Gasteiger partial charge in [-0.25, -0.2) is 4.39 Å². The van der Waals surface area contributed by atoms with Crippen molar-refractivity contribution in [2.45, 2.75) is 6.04 Å². The zero-order chi connectivity index (χ0) is 13.8. The molecule has 0 aliphatic heterocycles. The number of furan rings is 1. The molecule has 0 spiro atoms. The summed E-state index contributed by atoms with van der Waals surface area (Å²) in [6, 6.07) is 7.71. The third-order valence-electron chi connectivity index (χ3n) is 2.68. The van der Waals surface area contributed by atoms with Crippen molar-refractivity contribution in [3.8, 4) is 5.75 Å². The van der Waals surface area contributed by atoms with Crippen LogP contribution in [0.5, 0.6) is 5.75 Å². The quantitative estimate of drug-likeness (QED) is 0.884. The molecule has 1 unspecified atom stereocenters. The van der Waals surface area contributed by atoms with Crippen LogP contribution in [0.15, 0.2) is 39.4 Å². The maximum absolute atomic E-state index is 13.7. The summed E-state index contributed by atoms with van der Waals surface area (Å²) in [5.74, 6) is 0.835. The van der Waals surface area contributed by atoms with Gasteiger partial charge < -0.3 is 20.2 Å². The van der Waals surface area contributed by atoms with E-state index in [9.17, 15) is 4.39 Å². The predicted molar refractivity (Wildman–Crippen MR) is 74.8 cm³/mol. The monoisotopic (exact) mass is 328 g/mol. The molecule has 0 fully saturated rings. The molecular formula is C13H14BrFN2O2. The van der Waals surface area contributed by atoms with Crippen LogP contribution in [0.3, 0.4) is 0 Å². The van der Waals surface area contributed by atoms with Crippen LogP contribution in [0, 0.1) is 5.82 Å². The molecule has 6 heteroatoms. The van der Waals surface area contributed by atoms with E-state index in [0.717, 1.165) is 0 Å². The lowest BCUT2D eigenvalue weighted by molar-refractivity contribution is 0.413. The number of halogens is 2. The van der Waals surface area contributed by atoms with Gasteiger partial charge in [0.05, 0.1) is 18.8 Å². The lowest BCUT2D eigenvalue weighted by atomic mass is 10.2. The predicted octanol–water partition coefficient (Wildman–Crippen LogP) is 3.30. The Morgan fingerprint density at radius 1 is 1.42 bits per heavy atom. The number of rotatable bonds is 5. The molecule has 102 valence electrons. The molecule has 0 bridgehead atoms. The minimum atomic E-state index is -0.370. The van der Waals surface area contributed by atoms with Gasteiger partial charge in [-0.2, -0.15) is 0 Å². The van der Waals surface area contributed by atoms with Gasteiger partial charge in [0, 0.05) is 12.6 Å². The molecule has 1 heterocycles. The van der Waals surface area contributed by atoms with Gasteiger partial charge in [0.25, 0.3) is 0 Å². The van der Waals surface area contributed by atoms with Gasteiger partial charge in [-0.1, -0.05) is 0 Å². The van der Waals surface area contributed by atoms with Crippen molar-refractivity contribution in [1.82, 2.24) is 0 Å². The molecule has 4 nitrogen and oxygen atoms in total. The molecule has 2 aromatic rings. The lowest BCUT2D eigenvalue weighted by Gasteiger charge is -2.17. The van der Waals surface area contributed by atoms with E-state index in [1.807, 2.05) is 0 Å². The van der Waals surface area contributed by atoms with Crippen molar-refractivity contribution in [2.75, 3.05) is 19.0 Å². The second-order valence-electron chi connectivity index (χ2n) is 3.92. The summed E-state index contributed by atoms with van der Waals surface area (Å²) in [6.45, 7) is 0.274. The van der Waals surface area contributed by atoms with E-state index in [0.29, 0.717) is 21.9 Å². The first-order chi connectivity index (χ1) is 9.13. The third-order valence-corrected chi connectivity index (χ3v) is 3.10. The number of hydrogen-bond acceptors (Lipinski definition) is 4. The molecule has 19 heavy (non-hydrogen) atoms. The zero-order valence-corrected chi connectivity index (χ0v) is 11.9. The minimum Gasteiger partial charge on any atom is -0.497 e. The first-order valence-corrected chi connectivity index (χ1v) is 6.48. The molecule has 1 aromatic heterocycles. The average Bonchev–Trinajstić information content (AvgIpc) is 2.84. The fraction of sp³-hybridized carbons (Fsp3) is 0.231. The van der Waals surface area contributed by atoms with Crippen LogP contribution >= 0.6 is 15.9 Å². The van der Waals surface area contributed by atoms with Crippen molar-refractivity contribution in [1.29, 1.82) is 0 Å². The lowest BCUT2D eigenvalue weighted by Crippen LogP contribution is -2.20. The van der Waals surface area contributed by atoms with Gasteiger partial charge in [0.15, 0.2) is 4.67 Å². The fourth-order valence-corrected chi connectivity index (χ4v) is 2.01. The molecule has 3 N–H and O–H groups in total. The van der Waals surface area contributed by atoms with E-state index < -0.39 is 0 Å². The van der Waals surface area contributed by atoms with Crippen molar-refractivity contribution in [2.24, 2.45) is 5.73 Å². The Morgan fingerprint density at radius 3 is 2.79 bits per heavy atom. The molecule has 0 amide bonds. The Morgan fingerprint density at radius 2 is 2.21 bits per heavy atom. The van der Waals surface area contributed by atoms with Crippen LogP contribution < -0.4 is 15.8 Å². The average molecular weight is 329 g/mol. The van der Waals surface area contributed by atoms with Gasteiger partial charge in [0.2, 0.25) is 0 Å². The molecule has 0 saturated carbocycles. The first-order valence-electron chi connectivity index (χ1n) is 5.69. The molecule has 0 aliphatic carbocycles. The highest BCUT2D eigenvalue weighted by atomic mass is 79.9. The van der Waals surface area contributed by atoms with Gasteiger partial charge in [-0.05, 0) is 40.2 Å². The molecular weight excluding hydrogens is 315 g/mol. The molecule has 0 radical (unpaired) electrons. The van der Waals surface area contributed by atoms with Crippen molar-refractivity contribution in [3.05, 3.63) is 46.6 Å². The number of methoxy groups -OCH3 is 1. The summed E-state index contributed by atoms with van der Waals surface area (Å²) in [5, 5.41) is 3.01. The van der Waals surface area contributed by atoms with Crippen LogP contribution in [0.25, 0.3) is 0 Å². The van der Waals surface area contributed by atoms with Crippen LogP contribution in [-0.2, 0) is 0 Å². The Balaban J connectivity index is 2.23. The first kappa shape index (κ1) is 13.9. The van der Waals surface area contributed by atoms with Crippen molar-refractivity contribution >= 4 is 21.6 Å². The van der Waals surface area contributed by atoms with E-state index in [1.54, 1.807) is 24.3 Å². The second kappa shape index (κ2) is 6.08. The summed E-state index contributed by atoms with van der Waals surface area (Å²) < 4.78 is 24.8. The van der Waals surface area contributed by atoms with Gasteiger partial charge in [-0.15, -0.1) is 0 Å². The van der Waals surface area contributed by atoms with Crippen LogP contribution in [0.1, 0.15) is 11.8 Å². The second-order valence-corrected chi connectivity index (χ2v) is 4.70. The Bertz CT molecular complexity index is 559. The smallest absolute Gasteiger partial charge is 0.169 e. The fourth-order valence-electron chi connectivity index (χ4n) is 1.69. The van der Waals surface area contributed by atoms with E-state index in [1.165, 1.54) is 13.2 Å². The van der Waals surface area contributed by atoms with Gasteiger partial charge >= 0.3 is 0 Å². The van der Waals surface area contributed by atoms with E-state index in [2.05, 4.69) is 21.2 Å².